The maximum Gasteiger partial charge on any atom is 0.322 e. The summed E-state index contributed by atoms with van der Waals surface area (Å²) in [6, 6.07) is 4.83. The van der Waals surface area contributed by atoms with Crippen LogP contribution in [0.4, 0.5) is 22.0 Å². The molecule has 0 radical (unpaired) electrons. The number of anilines is 3. The fraction of sp³-hybridized carbons (Fsp3) is 0.308. The number of rotatable bonds is 6. The van der Waals surface area contributed by atoms with Gasteiger partial charge in [0.25, 0.3) is 0 Å². The molecule has 6 nitrogen and oxygen atoms in total. The van der Waals surface area contributed by atoms with Crippen molar-refractivity contribution in [3.05, 3.63) is 28.5 Å². The average molecular weight is 356 g/mol. The molecule has 0 unspecified atom stereocenters. The summed E-state index contributed by atoms with van der Waals surface area (Å²) in [6.07, 6.45) is 0.926. The van der Waals surface area contributed by atoms with E-state index in [1.165, 1.54) is 13.2 Å². The minimum atomic E-state index is -0.410. The van der Waals surface area contributed by atoms with Crippen molar-refractivity contribution in [2.75, 3.05) is 24.3 Å². The molecule has 0 amide bonds. The molecular formula is C13H15BrFN5O. The molecule has 2 N–H and O–H groups in total. The first-order valence-electron chi connectivity index (χ1n) is 6.39. The molecule has 8 heteroatoms. The Hall–Kier alpha value is -1.96. The van der Waals surface area contributed by atoms with Gasteiger partial charge in [-0.25, -0.2) is 4.39 Å². The van der Waals surface area contributed by atoms with Crippen molar-refractivity contribution in [3.63, 3.8) is 0 Å². The number of aromatic nitrogens is 3. The first-order valence-corrected chi connectivity index (χ1v) is 7.18. The van der Waals surface area contributed by atoms with Gasteiger partial charge < -0.3 is 15.4 Å². The zero-order valence-electron chi connectivity index (χ0n) is 11.7. The zero-order chi connectivity index (χ0) is 15.2. The number of hydrogen-bond acceptors (Lipinski definition) is 6. The molecule has 1 aromatic carbocycles. The lowest BCUT2D eigenvalue weighted by atomic mass is 10.3. The van der Waals surface area contributed by atoms with E-state index in [-0.39, 0.29) is 17.6 Å². The van der Waals surface area contributed by atoms with E-state index in [9.17, 15) is 4.39 Å². The van der Waals surface area contributed by atoms with Gasteiger partial charge in [-0.3, -0.25) is 0 Å². The summed E-state index contributed by atoms with van der Waals surface area (Å²) < 4.78 is 19.4. The second-order valence-corrected chi connectivity index (χ2v) is 4.97. The summed E-state index contributed by atoms with van der Waals surface area (Å²) in [4.78, 5) is 12.3. The minimum Gasteiger partial charge on any atom is -0.467 e. The summed E-state index contributed by atoms with van der Waals surface area (Å²) in [6.45, 7) is 2.75. The fourth-order valence-corrected chi connectivity index (χ4v) is 1.99. The number of nitrogens with zero attached hydrogens (tertiary/aromatic N) is 3. The van der Waals surface area contributed by atoms with Crippen LogP contribution in [0.2, 0.25) is 0 Å². The van der Waals surface area contributed by atoms with Gasteiger partial charge in [0, 0.05) is 11.0 Å². The van der Waals surface area contributed by atoms with Gasteiger partial charge in [-0.2, -0.15) is 15.0 Å². The number of halogens is 2. The summed E-state index contributed by atoms with van der Waals surface area (Å²) in [7, 11) is 1.46. The Morgan fingerprint density at radius 3 is 2.67 bits per heavy atom. The third kappa shape index (κ3) is 4.01. The molecular weight excluding hydrogens is 341 g/mol. The van der Waals surface area contributed by atoms with Gasteiger partial charge in [-0.1, -0.05) is 13.0 Å². The normalized spacial score (nSPS) is 10.3. The highest BCUT2D eigenvalue weighted by Gasteiger charge is 2.11. The highest BCUT2D eigenvalue weighted by atomic mass is 79.9. The van der Waals surface area contributed by atoms with Gasteiger partial charge in [-0.15, -0.1) is 0 Å². The van der Waals surface area contributed by atoms with E-state index in [0.29, 0.717) is 10.4 Å². The van der Waals surface area contributed by atoms with E-state index in [1.807, 2.05) is 6.92 Å². The summed E-state index contributed by atoms with van der Waals surface area (Å²) in [5.41, 5.74) is 0.257. The fourth-order valence-electron chi connectivity index (χ4n) is 1.55. The SMILES string of the molecule is CCCNc1nc(Nc2c(F)cccc2Br)nc(OC)n1. The molecule has 0 spiro atoms. The molecule has 112 valence electrons. The third-order valence-corrected chi connectivity index (χ3v) is 3.19. The summed E-state index contributed by atoms with van der Waals surface area (Å²) in [5, 5.41) is 5.86. The third-order valence-electron chi connectivity index (χ3n) is 2.53. The van der Waals surface area contributed by atoms with Crippen LogP contribution < -0.4 is 15.4 Å². The molecule has 0 bridgehead atoms. The molecule has 1 aromatic heterocycles. The van der Waals surface area contributed by atoms with Crippen LogP contribution >= 0.6 is 15.9 Å². The van der Waals surface area contributed by atoms with Crippen LogP contribution in [0.15, 0.2) is 22.7 Å². The lowest BCUT2D eigenvalue weighted by molar-refractivity contribution is 0.379. The Bertz CT molecular complexity index is 605. The average Bonchev–Trinajstić information content (AvgIpc) is 2.49. The smallest absolute Gasteiger partial charge is 0.322 e. The van der Waals surface area contributed by atoms with Gasteiger partial charge in [0.15, 0.2) is 0 Å². The van der Waals surface area contributed by atoms with E-state index < -0.39 is 5.82 Å². The largest absolute Gasteiger partial charge is 0.467 e. The van der Waals surface area contributed by atoms with Crippen LogP contribution in [-0.4, -0.2) is 28.6 Å². The molecule has 21 heavy (non-hydrogen) atoms. The Balaban J connectivity index is 2.30. The second kappa shape index (κ2) is 7.16. The first-order chi connectivity index (χ1) is 10.1. The molecule has 0 aliphatic carbocycles. The minimum absolute atomic E-state index is 0.151. The molecule has 0 fully saturated rings. The van der Waals surface area contributed by atoms with Crippen molar-refractivity contribution in [1.82, 2.24) is 15.0 Å². The number of methoxy groups -OCH3 is 1. The molecule has 2 aromatic rings. The van der Waals surface area contributed by atoms with Crippen molar-refractivity contribution in [2.24, 2.45) is 0 Å². The number of nitrogens with one attached hydrogen (secondary N) is 2. The Morgan fingerprint density at radius 1 is 1.24 bits per heavy atom. The standard InChI is InChI=1S/C13H15BrFN5O/c1-3-7-16-11-18-12(20-13(19-11)21-2)17-10-8(14)5-4-6-9(10)15/h4-6H,3,7H2,1-2H3,(H2,16,17,18,19,20). The van der Waals surface area contributed by atoms with Gasteiger partial charge in [-0.05, 0) is 34.5 Å². The predicted octanol–water partition coefficient (Wildman–Crippen LogP) is 3.35. The number of para-hydroxylation sites is 1. The van der Waals surface area contributed by atoms with Crippen LogP contribution in [0.25, 0.3) is 0 Å². The van der Waals surface area contributed by atoms with Gasteiger partial charge in [0.05, 0.1) is 12.8 Å². The van der Waals surface area contributed by atoms with E-state index in [4.69, 9.17) is 4.74 Å². The highest BCUT2D eigenvalue weighted by Crippen LogP contribution is 2.27. The predicted molar refractivity (Wildman–Crippen MR) is 82.5 cm³/mol. The Labute approximate surface area is 130 Å². The lowest BCUT2D eigenvalue weighted by Gasteiger charge is -2.10. The van der Waals surface area contributed by atoms with Crippen molar-refractivity contribution in [2.45, 2.75) is 13.3 Å². The van der Waals surface area contributed by atoms with E-state index >= 15 is 0 Å². The van der Waals surface area contributed by atoms with Crippen LogP contribution in [-0.2, 0) is 0 Å². The number of ether oxygens (including phenoxy) is 1. The molecule has 1 heterocycles. The monoisotopic (exact) mass is 355 g/mol. The van der Waals surface area contributed by atoms with E-state index in [0.717, 1.165) is 13.0 Å². The first kappa shape index (κ1) is 15.4. The maximum atomic E-state index is 13.8. The van der Waals surface area contributed by atoms with E-state index in [2.05, 4.69) is 41.5 Å². The van der Waals surface area contributed by atoms with Gasteiger partial charge in [0.1, 0.15) is 5.82 Å². The molecule has 0 saturated heterocycles. The van der Waals surface area contributed by atoms with Crippen molar-refractivity contribution in [1.29, 1.82) is 0 Å². The second-order valence-electron chi connectivity index (χ2n) is 4.12. The van der Waals surface area contributed by atoms with Crippen molar-refractivity contribution in [3.8, 4) is 6.01 Å². The lowest BCUT2D eigenvalue weighted by Crippen LogP contribution is -2.09. The van der Waals surface area contributed by atoms with E-state index in [1.54, 1.807) is 12.1 Å². The van der Waals surface area contributed by atoms with Crippen LogP contribution in [0.3, 0.4) is 0 Å². The van der Waals surface area contributed by atoms with Crippen LogP contribution in [0.1, 0.15) is 13.3 Å². The summed E-state index contributed by atoms with van der Waals surface area (Å²) >= 11 is 3.28. The molecule has 0 atom stereocenters. The van der Waals surface area contributed by atoms with Crippen molar-refractivity contribution >= 4 is 33.5 Å². The summed E-state index contributed by atoms with van der Waals surface area (Å²) in [5.74, 6) is 0.164. The Morgan fingerprint density at radius 2 is 2.00 bits per heavy atom. The zero-order valence-corrected chi connectivity index (χ0v) is 13.2. The molecule has 0 saturated carbocycles. The molecule has 0 aliphatic rings. The number of hydrogen-bond donors (Lipinski definition) is 2. The molecule has 0 aliphatic heterocycles. The number of benzene rings is 1. The molecule has 2 rings (SSSR count). The maximum absolute atomic E-state index is 13.8. The van der Waals surface area contributed by atoms with Crippen molar-refractivity contribution < 1.29 is 9.13 Å². The topological polar surface area (TPSA) is 72.0 Å². The van der Waals surface area contributed by atoms with Gasteiger partial charge in [0.2, 0.25) is 11.9 Å². The highest BCUT2D eigenvalue weighted by molar-refractivity contribution is 9.10. The van der Waals surface area contributed by atoms with Crippen LogP contribution in [0.5, 0.6) is 6.01 Å². The van der Waals surface area contributed by atoms with Crippen LogP contribution in [0, 0.1) is 5.82 Å². The van der Waals surface area contributed by atoms with Gasteiger partial charge >= 0.3 is 6.01 Å². The quantitative estimate of drug-likeness (QED) is 0.827. The Kier molecular flexibility index (Phi) is 5.26.